The van der Waals surface area contributed by atoms with Crippen LogP contribution in [0.2, 0.25) is 0 Å². The lowest BCUT2D eigenvalue weighted by Gasteiger charge is -2.07. The SMILES string of the molecule is C=CC.O=C(/C=C/c1ccc(CNCCc2ccc3cc[nH]c3n2)c(F)c1)NO. The molecule has 0 bridgehead atoms. The Labute approximate surface area is 169 Å². The molecule has 0 aliphatic rings. The van der Waals surface area contributed by atoms with Gasteiger partial charge in [-0.1, -0.05) is 18.2 Å². The maximum Gasteiger partial charge on any atom is 0.267 e. The number of nitrogens with zero attached hydrogens (tertiary/aromatic N) is 1. The summed E-state index contributed by atoms with van der Waals surface area (Å²) in [6, 6.07) is 10.7. The average molecular weight is 396 g/mol. The van der Waals surface area contributed by atoms with Crippen molar-refractivity contribution in [2.24, 2.45) is 0 Å². The number of hydrogen-bond acceptors (Lipinski definition) is 4. The van der Waals surface area contributed by atoms with Crippen molar-refractivity contribution >= 4 is 23.0 Å². The third-order valence-corrected chi connectivity index (χ3v) is 3.95. The van der Waals surface area contributed by atoms with Crippen LogP contribution in [0.4, 0.5) is 4.39 Å². The first-order valence-electron chi connectivity index (χ1n) is 9.18. The minimum Gasteiger partial charge on any atom is -0.346 e. The zero-order chi connectivity index (χ0) is 21.1. The van der Waals surface area contributed by atoms with Crippen LogP contribution >= 0.6 is 0 Å². The number of rotatable bonds is 7. The van der Waals surface area contributed by atoms with Crippen LogP contribution in [0.25, 0.3) is 17.1 Å². The topological polar surface area (TPSA) is 90.0 Å². The highest BCUT2D eigenvalue weighted by Crippen LogP contribution is 2.12. The Morgan fingerprint density at radius 1 is 1.31 bits per heavy atom. The molecule has 6 nitrogen and oxygen atoms in total. The second-order valence-corrected chi connectivity index (χ2v) is 6.21. The molecule has 0 radical (unpaired) electrons. The van der Waals surface area contributed by atoms with Crippen LogP contribution in [-0.2, 0) is 17.8 Å². The van der Waals surface area contributed by atoms with E-state index in [1.165, 1.54) is 17.6 Å². The number of aromatic nitrogens is 2. The van der Waals surface area contributed by atoms with Gasteiger partial charge in [0.2, 0.25) is 0 Å². The molecule has 1 aromatic carbocycles. The number of hydrogen-bond donors (Lipinski definition) is 4. The Morgan fingerprint density at radius 3 is 2.83 bits per heavy atom. The van der Waals surface area contributed by atoms with E-state index >= 15 is 0 Å². The van der Waals surface area contributed by atoms with E-state index in [0.29, 0.717) is 24.2 Å². The molecule has 0 atom stereocenters. The fourth-order valence-electron chi connectivity index (χ4n) is 2.57. The summed E-state index contributed by atoms with van der Waals surface area (Å²) in [5, 5.41) is 12.7. The fraction of sp³-hybridized carbons (Fsp3) is 0.182. The number of H-pyrrole nitrogens is 1. The van der Waals surface area contributed by atoms with Gasteiger partial charge in [0.05, 0.1) is 0 Å². The van der Waals surface area contributed by atoms with Crippen molar-refractivity contribution in [1.29, 1.82) is 0 Å². The highest BCUT2D eigenvalue weighted by atomic mass is 19.1. The van der Waals surface area contributed by atoms with Gasteiger partial charge in [-0.25, -0.2) is 14.9 Å². The summed E-state index contributed by atoms with van der Waals surface area (Å²) >= 11 is 0. The van der Waals surface area contributed by atoms with Gasteiger partial charge in [0.1, 0.15) is 11.5 Å². The van der Waals surface area contributed by atoms with Crippen molar-refractivity contribution in [2.45, 2.75) is 19.9 Å². The van der Waals surface area contributed by atoms with E-state index in [9.17, 15) is 9.18 Å². The molecule has 2 heterocycles. The van der Waals surface area contributed by atoms with Crippen LogP contribution in [0.5, 0.6) is 0 Å². The van der Waals surface area contributed by atoms with Crippen molar-refractivity contribution in [1.82, 2.24) is 20.8 Å². The van der Waals surface area contributed by atoms with E-state index in [2.05, 4.69) is 21.9 Å². The molecule has 3 rings (SSSR count). The third-order valence-electron chi connectivity index (χ3n) is 3.95. The van der Waals surface area contributed by atoms with E-state index in [1.54, 1.807) is 18.2 Å². The molecule has 152 valence electrons. The molecule has 2 aromatic heterocycles. The number of carbonyl (C=O) groups excluding carboxylic acids is 1. The molecule has 0 fully saturated rings. The Morgan fingerprint density at radius 2 is 2.10 bits per heavy atom. The highest BCUT2D eigenvalue weighted by molar-refractivity contribution is 5.90. The Kier molecular flexibility index (Phi) is 8.75. The summed E-state index contributed by atoms with van der Waals surface area (Å²) in [7, 11) is 0. The Bertz CT molecular complexity index is 982. The molecule has 4 N–H and O–H groups in total. The van der Waals surface area contributed by atoms with Gasteiger partial charge in [-0.15, -0.1) is 6.58 Å². The number of nitrogens with one attached hydrogen (secondary N) is 3. The van der Waals surface area contributed by atoms with Crippen molar-refractivity contribution in [3.8, 4) is 0 Å². The summed E-state index contributed by atoms with van der Waals surface area (Å²) in [5.41, 5.74) is 4.40. The van der Waals surface area contributed by atoms with Gasteiger partial charge in [0.25, 0.3) is 5.91 Å². The molecule has 0 saturated heterocycles. The molecule has 1 amide bonds. The molecular weight excluding hydrogens is 371 g/mol. The van der Waals surface area contributed by atoms with Crippen LogP contribution < -0.4 is 10.8 Å². The molecule has 0 saturated carbocycles. The number of pyridine rings is 1. The van der Waals surface area contributed by atoms with Gasteiger partial charge in [-0.05, 0) is 42.8 Å². The quantitative estimate of drug-likeness (QED) is 0.161. The number of fused-ring (bicyclic) bond motifs is 1. The van der Waals surface area contributed by atoms with Gasteiger partial charge in [0, 0.05) is 48.4 Å². The molecule has 0 unspecified atom stereocenters. The summed E-state index contributed by atoms with van der Waals surface area (Å²) in [5.74, 6) is -1.02. The van der Waals surface area contributed by atoms with Crippen LogP contribution in [-0.4, -0.2) is 27.6 Å². The van der Waals surface area contributed by atoms with Gasteiger partial charge in [-0.2, -0.15) is 0 Å². The van der Waals surface area contributed by atoms with Crippen LogP contribution in [0, 0.1) is 5.82 Å². The second-order valence-electron chi connectivity index (χ2n) is 6.21. The van der Waals surface area contributed by atoms with Crippen molar-refractivity contribution in [3.63, 3.8) is 0 Å². The second kappa shape index (κ2) is 11.5. The van der Waals surface area contributed by atoms with Crippen LogP contribution in [0.3, 0.4) is 0 Å². The number of hydroxylamine groups is 1. The van der Waals surface area contributed by atoms with E-state index in [0.717, 1.165) is 29.2 Å². The highest BCUT2D eigenvalue weighted by Gasteiger charge is 2.04. The summed E-state index contributed by atoms with van der Waals surface area (Å²) < 4.78 is 14.1. The number of halogens is 1. The lowest BCUT2D eigenvalue weighted by atomic mass is 10.1. The monoisotopic (exact) mass is 396 g/mol. The lowest BCUT2D eigenvalue weighted by Crippen LogP contribution is -2.18. The van der Waals surface area contributed by atoms with E-state index in [1.807, 2.05) is 31.3 Å². The maximum absolute atomic E-state index is 14.1. The summed E-state index contributed by atoms with van der Waals surface area (Å²) in [6.45, 7) is 6.33. The van der Waals surface area contributed by atoms with Crippen molar-refractivity contribution < 1.29 is 14.4 Å². The maximum atomic E-state index is 14.1. The van der Waals surface area contributed by atoms with E-state index in [-0.39, 0.29) is 5.82 Å². The molecule has 0 aliphatic carbocycles. The largest absolute Gasteiger partial charge is 0.346 e. The standard InChI is InChI=1S/C19H19FN4O2.C3H6/c20-17-11-13(2-6-18(25)24-26)1-3-15(17)12-21-9-8-16-5-4-14-7-10-22-19(14)23-16;1-3-2/h1-7,10-11,21,26H,8-9,12H2,(H,22,23)(H,24,25);3H,1H2,2H3/b6-2+;. The number of aromatic amines is 1. The number of allylic oxidation sites excluding steroid dienone is 1. The Balaban J connectivity index is 0.000000941. The average Bonchev–Trinajstić information content (AvgIpc) is 3.19. The molecule has 29 heavy (non-hydrogen) atoms. The smallest absolute Gasteiger partial charge is 0.267 e. The zero-order valence-corrected chi connectivity index (χ0v) is 16.3. The first-order valence-corrected chi connectivity index (χ1v) is 9.18. The number of amides is 1. The number of benzene rings is 1. The first-order chi connectivity index (χ1) is 14.1. The predicted octanol–water partition coefficient (Wildman–Crippen LogP) is 3.75. The molecule has 0 aliphatic heterocycles. The normalized spacial score (nSPS) is 10.6. The summed E-state index contributed by atoms with van der Waals surface area (Å²) in [4.78, 5) is 18.5. The van der Waals surface area contributed by atoms with Gasteiger partial charge < -0.3 is 10.3 Å². The van der Waals surface area contributed by atoms with Gasteiger partial charge in [0.15, 0.2) is 0 Å². The van der Waals surface area contributed by atoms with Gasteiger partial charge in [-0.3, -0.25) is 10.0 Å². The van der Waals surface area contributed by atoms with Crippen molar-refractivity contribution in [2.75, 3.05) is 6.54 Å². The van der Waals surface area contributed by atoms with Gasteiger partial charge >= 0.3 is 0 Å². The molecule has 7 heteroatoms. The minimum absolute atomic E-state index is 0.352. The minimum atomic E-state index is -0.665. The number of carbonyl (C=O) groups is 1. The van der Waals surface area contributed by atoms with Crippen LogP contribution in [0.15, 0.2) is 61.3 Å². The fourth-order valence-corrected chi connectivity index (χ4v) is 2.57. The molecule has 3 aromatic rings. The zero-order valence-electron chi connectivity index (χ0n) is 16.3. The predicted molar refractivity (Wildman–Crippen MR) is 113 cm³/mol. The third kappa shape index (κ3) is 6.99. The summed E-state index contributed by atoms with van der Waals surface area (Å²) in [6.07, 6.45) is 6.90. The van der Waals surface area contributed by atoms with Crippen LogP contribution in [0.1, 0.15) is 23.7 Å². The first kappa shape index (κ1) is 22.0. The lowest BCUT2D eigenvalue weighted by molar-refractivity contribution is -0.124. The molecule has 0 spiro atoms. The molecular formula is C22H25FN4O2. The van der Waals surface area contributed by atoms with E-state index < -0.39 is 5.91 Å². The van der Waals surface area contributed by atoms with Crippen molar-refractivity contribution in [3.05, 3.63) is 84.0 Å². The van der Waals surface area contributed by atoms with E-state index in [4.69, 9.17) is 5.21 Å². The Hall–Kier alpha value is -3.29.